The molecule has 1 saturated heterocycles. The van der Waals surface area contributed by atoms with Gasteiger partial charge in [-0.3, -0.25) is 9.69 Å². The van der Waals surface area contributed by atoms with Crippen LogP contribution in [-0.2, 0) is 4.79 Å². The van der Waals surface area contributed by atoms with E-state index in [1.54, 1.807) is 0 Å². The van der Waals surface area contributed by atoms with Gasteiger partial charge < -0.3 is 5.32 Å². The lowest BCUT2D eigenvalue weighted by Gasteiger charge is -2.30. The van der Waals surface area contributed by atoms with Gasteiger partial charge in [0.15, 0.2) is 0 Å². The molecule has 1 unspecified atom stereocenters. The van der Waals surface area contributed by atoms with Gasteiger partial charge in [0, 0.05) is 4.47 Å². The Kier molecular flexibility index (Phi) is 4.94. The highest BCUT2D eigenvalue weighted by Crippen LogP contribution is 2.21. The third kappa shape index (κ3) is 3.79. The zero-order valence-corrected chi connectivity index (χ0v) is 12.2. The second-order valence-electron chi connectivity index (χ2n) is 4.64. The SMILES string of the molecule is N#CC1CCCCN1CC(=O)Nc1ccccc1Br. The molecular weight excluding hydrogens is 306 g/mol. The quantitative estimate of drug-likeness (QED) is 0.931. The van der Waals surface area contributed by atoms with E-state index in [0.717, 1.165) is 36.0 Å². The van der Waals surface area contributed by atoms with Gasteiger partial charge in [0.1, 0.15) is 0 Å². The van der Waals surface area contributed by atoms with Crippen molar-refractivity contribution in [3.63, 3.8) is 0 Å². The van der Waals surface area contributed by atoms with Crippen molar-refractivity contribution in [2.24, 2.45) is 0 Å². The van der Waals surface area contributed by atoms with E-state index in [9.17, 15) is 4.79 Å². The van der Waals surface area contributed by atoms with Crippen molar-refractivity contribution in [1.82, 2.24) is 4.90 Å². The summed E-state index contributed by atoms with van der Waals surface area (Å²) in [6.45, 7) is 1.10. The monoisotopic (exact) mass is 321 g/mol. The number of nitrogens with one attached hydrogen (secondary N) is 1. The average Bonchev–Trinajstić information content (AvgIpc) is 2.42. The van der Waals surface area contributed by atoms with Crippen molar-refractivity contribution in [2.45, 2.75) is 25.3 Å². The molecule has 1 aromatic carbocycles. The molecule has 5 heteroatoms. The molecule has 4 nitrogen and oxygen atoms in total. The van der Waals surface area contributed by atoms with Crippen molar-refractivity contribution in [3.05, 3.63) is 28.7 Å². The van der Waals surface area contributed by atoms with Gasteiger partial charge in [0.2, 0.25) is 5.91 Å². The molecule has 1 N–H and O–H groups in total. The predicted octanol–water partition coefficient (Wildman–Crippen LogP) is 2.77. The van der Waals surface area contributed by atoms with E-state index in [0.29, 0.717) is 0 Å². The van der Waals surface area contributed by atoms with Crippen LogP contribution in [0, 0.1) is 11.3 Å². The highest BCUT2D eigenvalue weighted by Gasteiger charge is 2.23. The number of rotatable bonds is 3. The van der Waals surface area contributed by atoms with Gasteiger partial charge in [-0.05, 0) is 53.9 Å². The Morgan fingerprint density at radius 1 is 1.47 bits per heavy atom. The van der Waals surface area contributed by atoms with Crippen LogP contribution in [0.1, 0.15) is 19.3 Å². The minimum atomic E-state index is -0.126. The maximum Gasteiger partial charge on any atom is 0.238 e. The minimum Gasteiger partial charge on any atom is -0.324 e. The lowest BCUT2D eigenvalue weighted by Crippen LogP contribution is -2.43. The molecule has 2 rings (SSSR count). The Bertz CT molecular complexity index is 498. The highest BCUT2D eigenvalue weighted by molar-refractivity contribution is 9.10. The van der Waals surface area contributed by atoms with E-state index < -0.39 is 0 Å². The molecule has 19 heavy (non-hydrogen) atoms. The topological polar surface area (TPSA) is 56.1 Å². The molecule has 0 spiro atoms. The Morgan fingerprint density at radius 3 is 3.00 bits per heavy atom. The first-order valence-electron chi connectivity index (χ1n) is 6.39. The normalized spacial score (nSPS) is 19.7. The first kappa shape index (κ1) is 14.0. The van der Waals surface area contributed by atoms with Crippen molar-refractivity contribution in [1.29, 1.82) is 5.26 Å². The van der Waals surface area contributed by atoms with Crippen LogP contribution in [0.15, 0.2) is 28.7 Å². The first-order chi connectivity index (χ1) is 9.20. The van der Waals surface area contributed by atoms with Crippen LogP contribution in [0.3, 0.4) is 0 Å². The number of halogens is 1. The fraction of sp³-hybridized carbons (Fsp3) is 0.429. The van der Waals surface area contributed by atoms with Crippen molar-refractivity contribution in [3.8, 4) is 6.07 Å². The van der Waals surface area contributed by atoms with Gasteiger partial charge in [-0.15, -0.1) is 0 Å². The Morgan fingerprint density at radius 2 is 2.26 bits per heavy atom. The predicted molar refractivity (Wildman–Crippen MR) is 77.6 cm³/mol. The second-order valence-corrected chi connectivity index (χ2v) is 5.49. The fourth-order valence-corrected chi connectivity index (χ4v) is 2.65. The van der Waals surface area contributed by atoms with Crippen LogP contribution < -0.4 is 5.32 Å². The molecule has 0 radical (unpaired) electrons. The number of para-hydroxylation sites is 1. The van der Waals surface area contributed by atoms with Gasteiger partial charge in [-0.1, -0.05) is 12.1 Å². The number of hydrogen-bond donors (Lipinski definition) is 1. The van der Waals surface area contributed by atoms with Crippen LogP contribution >= 0.6 is 15.9 Å². The van der Waals surface area contributed by atoms with Crippen molar-refractivity contribution < 1.29 is 4.79 Å². The number of hydrogen-bond acceptors (Lipinski definition) is 3. The minimum absolute atomic E-state index is 0.0750. The van der Waals surface area contributed by atoms with Crippen LogP contribution in [0.5, 0.6) is 0 Å². The van der Waals surface area contributed by atoms with E-state index in [4.69, 9.17) is 5.26 Å². The van der Waals surface area contributed by atoms with Gasteiger partial charge in [-0.2, -0.15) is 5.26 Å². The lowest BCUT2D eigenvalue weighted by atomic mass is 10.0. The molecule has 1 heterocycles. The molecule has 100 valence electrons. The summed E-state index contributed by atoms with van der Waals surface area (Å²) >= 11 is 3.39. The summed E-state index contributed by atoms with van der Waals surface area (Å²) in [7, 11) is 0. The third-order valence-electron chi connectivity index (χ3n) is 3.26. The molecular formula is C14H16BrN3O. The summed E-state index contributed by atoms with van der Waals surface area (Å²) in [5, 5.41) is 11.9. The largest absolute Gasteiger partial charge is 0.324 e. The number of carbonyl (C=O) groups excluding carboxylic acids is 1. The standard InChI is InChI=1S/C14H16BrN3O/c15-12-6-1-2-7-13(12)17-14(19)10-18-8-4-3-5-11(18)9-16/h1-2,6-7,11H,3-5,8,10H2,(H,17,19). The number of amides is 1. The number of likely N-dealkylation sites (tertiary alicyclic amines) is 1. The van der Waals surface area contributed by atoms with Gasteiger partial charge in [-0.25, -0.2) is 0 Å². The molecule has 0 bridgehead atoms. The number of anilines is 1. The van der Waals surface area contributed by atoms with Crippen LogP contribution in [0.25, 0.3) is 0 Å². The summed E-state index contributed by atoms with van der Waals surface area (Å²) in [6, 6.07) is 9.65. The summed E-state index contributed by atoms with van der Waals surface area (Å²) in [5.41, 5.74) is 0.762. The first-order valence-corrected chi connectivity index (χ1v) is 7.18. The Hall–Kier alpha value is -1.38. The maximum absolute atomic E-state index is 12.0. The van der Waals surface area contributed by atoms with E-state index >= 15 is 0 Å². The van der Waals surface area contributed by atoms with E-state index in [1.165, 1.54) is 0 Å². The molecule has 1 aliphatic rings. The summed E-state index contributed by atoms with van der Waals surface area (Å²) < 4.78 is 0.860. The average molecular weight is 322 g/mol. The number of nitriles is 1. The summed E-state index contributed by atoms with van der Waals surface area (Å²) in [5.74, 6) is -0.0750. The van der Waals surface area contributed by atoms with Crippen molar-refractivity contribution in [2.75, 3.05) is 18.4 Å². The molecule has 1 amide bonds. The smallest absolute Gasteiger partial charge is 0.238 e. The molecule has 1 aromatic rings. The molecule has 0 aromatic heterocycles. The summed E-state index contributed by atoms with van der Waals surface area (Å²) in [6.07, 6.45) is 2.99. The van der Waals surface area contributed by atoms with Gasteiger partial charge in [0.05, 0.1) is 24.3 Å². The maximum atomic E-state index is 12.0. The fourth-order valence-electron chi connectivity index (χ4n) is 2.26. The molecule has 1 atom stereocenters. The van der Waals surface area contributed by atoms with Crippen LogP contribution in [0.4, 0.5) is 5.69 Å². The number of nitrogens with zero attached hydrogens (tertiary/aromatic N) is 2. The van der Waals surface area contributed by atoms with Crippen molar-refractivity contribution >= 4 is 27.5 Å². The highest BCUT2D eigenvalue weighted by atomic mass is 79.9. The number of benzene rings is 1. The number of piperidine rings is 1. The Balaban J connectivity index is 1.94. The summed E-state index contributed by atoms with van der Waals surface area (Å²) in [4.78, 5) is 14.0. The molecule has 0 aliphatic carbocycles. The van der Waals surface area contributed by atoms with Crippen LogP contribution in [-0.4, -0.2) is 29.9 Å². The molecule has 1 fully saturated rings. The van der Waals surface area contributed by atoms with E-state index in [1.807, 2.05) is 29.2 Å². The second kappa shape index (κ2) is 6.69. The number of carbonyl (C=O) groups is 1. The van der Waals surface area contributed by atoms with Crippen LogP contribution in [0.2, 0.25) is 0 Å². The zero-order valence-electron chi connectivity index (χ0n) is 10.6. The van der Waals surface area contributed by atoms with Gasteiger partial charge >= 0.3 is 0 Å². The van der Waals surface area contributed by atoms with E-state index in [2.05, 4.69) is 27.3 Å². The zero-order chi connectivity index (χ0) is 13.7. The molecule has 0 saturated carbocycles. The Labute approximate surface area is 121 Å². The van der Waals surface area contributed by atoms with E-state index in [-0.39, 0.29) is 18.5 Å². The van der Waals surface area contributed by atoms with Gasteiger partial charge in [0.25, 0.3) is 0 Å². The third-order valence-corrected chi connectivity index (χ3v) is 3.95. The molecule has 1 aliphatic heterocycles. The lowest BCUT2D eigenvalue weighted by molar-refractivity contribution is -0.117.